The van der Waals surface area contributed by atoms with Crippen LogP contribution >= 0.6 is 11.8 Å². The lowest BCUT2D eigenvalue weighted by Gasteiger charge is -2.26. The highest BCUT2D eigenvalue weighted by molar-refractivity contribution is 7.99. The van der Waals surface area contributed by atoms with E-state index >= 15 is 0 Å². The summed E-state index contributed by atoms with van der Waals surface area (Å²) in [5, 5.41) is 0. The molecule has 140 valence electrons. The second-order valence-corrected chi connectivity index (χ2v) is 11.2. The zero-order valence-corrected chi connectivity index (χ0v) is 18.1. The first-order chi connectivity index (χ1) is 12.5. The van der Waals surface area contributed by atoms with E-state index in [4.69, 9.17) is 13.3 Å². The topological polar surface area (TPSA) is 27.7 Å². The van der Waals surface area contributed by atoms with Crippen LogP contribution in [-0.2, 0) is 26.1 Å². The van der Waals surface area contributed by atoms with Crippen LogP contribution in [0.2, 0.25) is 6.04 Å². The minimum absolute atomic E-state index is 0.554. The number of benzene rings is 2. The summed E-state index contributed by atoms with van der Waals surface area (Å²) >= 11 is 1.89. The number of hydrogen-bond acceptors (Lipinski definition) is 4. The van der Waals surface area contributed by atoms with E-state index in [9.17, 15) is 0 Å². The van der Waals surface area contributed by atoms with Crippen LogP contribution in [0, 0.1) is 0 Å². The predicted octanol–water partition coefficient (Wildman–Crippen LogP) is 5.29. The lowest BCUT2D eigenvalue weighted by atomic mass is 9.94. The van der Waals surface area contributed by atoms with Gasteiger partial charge in [-0.25, -0.2) is 0 Å². The fourth-order valence-corrected chi connectivity index (χ4v) is 6.29. The Morgan fingerprint density at radius 1 is 1.00 bits per heavy atom. The van der Waals surface area contributed by atoms with E-state index in [1.165, 1.54) is 32.0 Å². The molecule has 0 bridgehead atoms. The van der Waals surface area contributed by atoms with Crippen LogP contribution in [0.25, 0.3) is 0 Å². The van der Waals surface area contributed by atoms with Gasteiger partial charge in [0.25, 0.3) is 0 Å². The molecule has 1 aliphatic heterocycles. The summed E-state index contributed by atoms with van der Waals surface area (Å²) < 4.78 is 16.8. The second kappa shape index (κ2) is 8.27. The van der Waals surface area contributed by atoms with Crippen molar-refractivity contribution in [3.8, 4) is 0 Å². The van der Waals surface area contributed by atoms with Crippen molar-refractivity contribution >= 4 is 20.6 Å². The highest BCUT2D eigenvalue weighted by Gasteiger charge is 2.37. The minimum Gasteiger partial charge on any atom is -0.377 e. The van der Waals surface area contributed by atoms with E-state index in [1.807, 2.05) is 11.8 Å². The zero-order valence-electron chi connectivity index (χ0n) is 16.3. The lowest BCUT2D eigenvalue weighted by Crippen LogP contribution is -2.43. The molecule has 0 radical (unpaired) electrons. The van der Waals surface area contributed by atoms with E-state index < -0.39 is 8.80 Å². The smallest absolute Gasteiger partial charge is 0.377 e. The maximum Gasteiger partial charge on any atom is 0.500 e. The summed E-state index contributed by atoms with van der Waals surface area (Å²) in [6.45, 7) is 4.50. The van der Waals surface area contributed by atoms with Gasteiger partial charge in [-0.1, -0.05) is 49.9 Å². The van der Waals surface area contributed by atoms with Crippen molar-refractivity contribution in [1.29, 1.82) is 0 Å². The third-order valence-corrected chi connectivity index (χ3v) is 9.15. The van der Waals surface area contributed by atoms with Crippen LogP contribution in [0.1, 0.15) is 42.0 Å². The Bertz CT molecular complexity index is 764. The first-order valence-electron chi connectivity index (χ1n) is 9.09. The number of aryl methyl sites for hydroxylation is 1. The quantitative estimate of drug-likeness (QED) is 0.514. The van der Waals surface area contributed by atoms with Crippen molar-refractivity contribution in [2.24, 2.45) is 0 Å². The highest BCUT2D eigenvalue weighted by atomic mass is 32.2. The first kappa shape index (κ1) is 19.6. The van der Waals surface area contributed by atoms with Crippen LogP contribution in [0.15, 0.2) is 46.2 Å². The Morgan fingerprint density at radius 3 is 2.38 bits per heavy atom. The van der Waals surface area contributed by atoms with Crippen LogP contribution in [0.3, 0.4) is 0 Å². The molecule has 3 rings (SSSR count). The number of hydrogen-bond donors (Lipinski definition) is 0. The van der Waals surface area contributed by atoms with Crippen molar-refractivity contribution in [3.05, 3.63) is 58.7 Å². The number of fused-ring (bicyclic) bond motifs is 2. The first-order valence-corrected chi connectivity index (χ1v) is 11.8. The Morgan fingerprint density at radius 2 is 1.73 bits per heavy atom. The summed E-state index contributed by atoms with van der Waals surface area (Å²) in [6.07, 6.45) is 1.90. The lowest BCUT2D eigenvalue weighted by molar-refractivity contribution is 0.123. The summed E-state index contributed by atoms with van der Waals surface area (Å²) in [7, 11) is 2.49. The summed E-state index contributed by atoms with van der Waals surface area (Å²) in [5.74, 6) is 0.554. The Hall–Kier alpha value is -1.11. The normalized spacial score (nSPS) is 13.6. The predicted molar refractivity (Wildman–Crippen MR) is 109 cm³/mol. The van der Waals surface area contributed by atoms with E-state index in [1.54, 1.807) is 21.3 Å². The summed E-state index contributed by atoms with van der Waals surface area (Å²) in [4.78, 5) is 2.75. The van der Waals surface area contributed by atoms with Gasteiger partial charge in [0.2, 0.25) is 0 Å². The molecule has 1 aliphatic rings. The van der Waals surface area contributed by atoms with Crippen LogP contribution in [-0.4, -0.2) is 30.1 Å². The molecule has 0 unspecified atom stereocenters. The van der Waals surface area contributed by atoms with Crippen molar-refractivity contribution < 1.29 is 13.3 Å². The van der Waals surface area contributed by atoms with Gasteiger partial charge in [-0.2, -0.15) is 0 Å². The molecule has 0 aliphatic carbocycles. The molecule has 26 heavy (non-hydrogen) atoms. The average Bonchev–Trinajstić information content (AvgIpc) is 2.67. The van der Waals surface area contributed by atoms with Gasteiger partial charge in [-0.05, 0) is 53.1 Å². The molecule has 2 aromatic rings. The number of rotatable bonds is 7. The van der Waals surface area contributed by atoms with Crippen molar-refractivity contribution in [2.45, 2.75) is 48.4 Å². The molecule has 0 saturated heterocycles. The molecule has 0 saturated carbocycles. The van der Waals surface area contributed by atoms with Gasteiger partial charge < -0.3 is 13.3 Å². The molecule has 0 atom stereocenters. The molecule has 5 heteroatoms. The molecule has 1 heterocycles. The van der Waals surface area contributed by atoms with E-state index in [0.717, 1.165) is 18.9 Å². The van der Waals surface area contributed by atoms with Gasteiger partial charge in [-0.15, -0.1) is 0 Å². The minimum atomic E-state index is -2.55. The fraction of sp³-hybridized carbons (Fsp3) is 0.429. The Kier molecular flexibility index (Phi) is 6.25. The van der Waals surface area contributed by atoms with Crippen molar-refractivity contribution in [3.63, 3.8) is 0 Å². The third-order valence-electron chi connectivity index (χ3n) is 5.20. The van der Waals surface area contributed by atoms with Gasteiger partial charge in [0.1, 0.15) is 0 Å². The summed E-state index contributed by atoms with van der Waals surface area (Å²) in [6, 6.07) is 14.3. The van der Waals surface area contributed by atoms with Crippen LogP contribution < -0.4 is 0 Å². The maximum atomic E-state index is 5.59. The summed E-state index contributed by atoms with van der Waals surface area (Å²) in [5.41, 5.74) is 5.67. The van der Waals surface area contributed by atoms with Crippen LogP contribution in [0.5, 0.6) is 0 Å². The molecule has 0 amide bonds. The van der Waals surface area contributed by atoms with E-state index in [-0.39, 0.29) is 0 Å². The molecular weight excluding hydrogens is 360 g/mol. The average molecular weight is 389 g/mol. The van der Waals surface area contributed by atoms with Crippen molar-refractivity contribution in [2.75, 3.05) is 21.3 Å². The Labute approximate surface area is 162 Å². The molecule has 0 aromatic heterocycles. The van der Waals surface area contributed by atoms with Gasteiger partial charge >= 0.3 is 8.80 Å². The van der Waals surface area contributed by atoms with Gasteiger partial charge in [-0.3, -0.25) is 0 Å². The van der Waals surface area contributed by atoms with E-state index in [2.05, 4.69) is 50.2 Å². The second-order valence-electron chi connectivity index (χ2n) is 6.99. The molecule has 3 nitrogen and oxygen atoms in total. The standard InChI is InChI=1S/C21H28O3SSi/c1-15(2)17-9-10-20-18(13-17)14-19-16(7-6-8-21(19)25-20)11-12-26(22-3,23-4)24-5/h6-10,13,15H,11-12,14H2,1-5H3. The third kappa shape index (κ3) is 3.92. The molecular formula is C21H28O3SSi. The monoisotopic (exact) mass is 388 g/mol. The fourth-order valence-electron chi connectivity index (χ4n) is 3.49. The largest absolute Gasteiger partial charge is 0.500 e. The SMILES string of the molecule is CO[Si](CCc1cccc2c1Cc1cc(C(C)C)ccc1S2)(OC)OC. The molecule has 0 N–H and O–H groups in total. The molecule has 0 spiro atoms. The van der Waals surface area contributed by atoms with Gasteiger partial charge in [0.15, 0.2) is 0 Å². The van der Waals surface area contributed by atoms with E-state index in [0.29, 0.717) is 5.92 Å². The molecule has 0 fully saturated rings. The van der Waals surface area contributed by atoms with Gasteiger partial charge in [0, 0.05) is 37.2 Å². The zero-order chi connectivity index (χ0) is 18.7. The van der Waals surface area contributed by atoms with Crippen LogP contribution in [0.4, 0.5) is 0 Å². The maximum absolute atomic E-state index is 5.59. The Balaban J connectivity index is 1.86. The van der Waals surface area contributed by atoms with Gasteiger partial charge in [0.05, 0.1) is 0 Å². The molecule has 2 aromatic carbocycles. The highest BCUT2D eigenvalue weighted by Crippen LogP contribution is 2.42. The van der Waals surface area contributed by atoms with Crippen molar-refractivity contribution in [1.82, 2.24) is 0 Å².